The molecule has 0 aliphatic carbocycles. The van der Waals surface area contributed by atoms with Crippen molar-refractivity contribution < 1.29 is 17.9 Å². The Kier molecular flexibility index (Phi) is 6.95. The molecule has 2 aromatic carbocycles. The van der Waals surface area contributed by atoms with Crippen LogP contribution in [0.2, 0.25) is 0 Å². The van der Waals surface area contributed by atoms with Gasteiger partial charge in [-0.15, -0.1) is 0 Å². The van der Waals surface area contributed by atoms with Crippen LogP contribution in [0.3, 0.4) is 0 Å². The van der Waals surface area contributed by atoms with Gasteiger partial charge < -0.3 is 10.1 Å². The van der Waals surface area contributed by atoms with Crippen LogP contribution < -0.4 is 14.4 Å². The summed E-state index contributed by atoms with van der Waals surface area (Å²) < 4.78 is 31.6. The molecule has 0 radical (unpaired) electrons. The molecule has 0 aliphatic heterocycles. The number of methoxy groups -OCH3 is 1. The molecule has 158 valence electrons. The Bertz CT molecular complexity index is 1000. The zero-order valence-electron chi connectivity index (χ0n) is 18.1. The SMILES string of the molecule is COc1ccc(C)cc1N([C@H](C)C(=O)N[C@H](C)c1ccc(C)c(C)c1)S(C)(=O)=O. The molecule has 2 aromatic rings. The number of hydrogen-bond acceptors (Lipinski definition) is 4. The number of aryl methyl sites for hydroxylation is 3. The van der Waals surface area contributed by atoms with Crippen molar-refractivity contribution in [1.82, 2.24) is 5.32 Å². The molecule has 1 amide bonds. The van der Waals surface area contributed by atoms with Crippen molar-refractivity contribution in [2.45, 2.75) is 46.7 Å². The smallest absolute Gasteiger partial charge is 0.244 e. The lowest BCUT2D eigenvalue weighted by Gasteiger charge is -2.30. The van der Waals surface area contributed by atoms with Gasteiger partial charge in [-0.1, -0.05) is 24.3 Å². The molecule has 0 spiro atoms. The molecule has 0 saturated carbocycles. The second kappa shape index (κ2) is 8.86. The van der Waals surface area contributed by atoms with Crippen LogP contribution in [0.1, 0.15) is 42.1 Å². The first kappa shape index (κ1) is 22.7. The first-order valence-electron chi connectivity index (χ1n) is 9.47. The first-order valence-corrected chi connectivity index (χ1v) is 11.3. The third-order valence-electron chi connectivity index (χ3n) is 5.05. The lowest BCUT2D eigenvalue weighted by Crippen LogP contribution is -2.48. The van der Waals surface area contributed by atoms with Crippen molar-refractivity contribution in [3.05, 3.63) is 58.7 Å². The van der Waals surface area contributed by atoms with Crippen LogP contribution in [0.4, 0.5) is 5.69 Å². The quantitative estimate of drug-likeness (QED) is 0.745. The number of carbonyl (C=O) groups is 1. The molecule has 0 heterocycles. The van der Waals surface area contributed by atoms with E-state index in [-0.39, 0.29) is 11.9 Å². The Balaban J connectivity index is 2.34. The van der Waals surface area contributed by atoms with Gasteiger partial charge in [0.25, 0.3) is 0 Å². The highest BCUT2D eigenvalue weighted by Crippen LogP contribution is 2.32. The molecule has 2 atom stereocenters. The van der Waals surface area contributed by atoms with E-state index in [2.05, 4.69) is 5.32 Å². The Morgan fingerprint density at radius 2 is 1.69 bits per heavy atom. The van der Waals surface area contributed by atoms with Gasteiger partial charge in [0.2, 0.25) is 15.9 Å². The molecular formula is C22H30N2O4S. The molecule has 0 unspecified atom stereocenters. The highest BCUT2D eigenvalue weighted by Gasteiger charge is 2.32. The fourth-order valence-corrected chi connectivity index (χ4v) is 4.37. The van der Waals surface area contributed by atoms with Crippen molar-refractivity contribution in [1.29, 1.82) is 0 Å². The van der Waals surface area contributed by atoms with Crippen molar-refractivity contribution in [2.75, 3.05) is 17.7 Å². The maximum absolute atomic E-state index is 13.0. The molecular weight excluding hydrogens is 388 g/mol. The van der Waals surface area contributed by atoms with Gasteiger partial charge in [-0.3, -0.25) is 9.10 Å². The third-order valence-corrected chi connectivity index (χ3v) is 6.28. The van der Waals surface area contributed by atoms with Crippen LogP contribution in [0, 0.1) is 20.8 Å². The second-order valence-electron chi connectivity index (χ2n) is 7.48. The number of carbonyl (C=O) groups excluding carboxylic acids is 1. The summed E-state index contributed by atoms with van der Waals surface area (Å²) in [5.74, 6) is 0.00703. The third kappa shape index (κ3) is 5.29. The maximum atomic E-state index is 13.0. The lowest BCUT2D eigenvalue weighted by atomic mass is 10.0. The average Bonchev–Trinajstić information content (AvgIpc) is 2.63. The van der Waals surface area contributed by atoms with Gasteiger partial charge in [0.1, 0.15) is 11.8 Å². The molecule has 0 aliphatic rings. The normalized spacial score (nSPS) is 13.5. The number of benzene rings is 2. The standard InChI is InChI=1S/C22H30N2O4S/c1-14-8-11-21(28-6)20(12-14)24(29(7,26)27)18(5)22(25)23-17(4)19-10-9-15(2)16(3)13-19/h8-13,17-18H,1-7H3,(H,23,25)/t17-,18-/m1/s1. The van der Waals surface area contributed by atoms with Crippen LogP contribution in [-0.4, -0.2) is 33.7 Å². The highest BCUT2D eigenvalue weighted by molar-refractivity contribution is 7.92. The summed E-state index contributed by atoms with van der Waals surface area (Å²) in [7, 11) is -2.26. The summed E-state index contributed by atoms with van der Waals surface area (Å²) in [5.41, 5.74) is 4.49. The highest BCUT2D eigenvalue weighted by atomic mass is 32.2. The number of rotatable bonds is 7. The van der Waals surface area contributed by atoms with Crippen molar-refractivity contribution >= 4 is 21.6 Å². The Morgan fingerprint density at radius 1 is 1.03 bits per heavy atom. The van der Waals surface area contributed by atoms with E-state index in [0.717, 1.165) is 27.3 Å². The molecule has 7 heteroatoms. The fourth-order valence-electron chi connectivity index (χ4n) is 3.20. The number of sulfonamides is 1. The second-order valence-corrected chi connectivity index (χ2v) is 9.34. The van der Waals surface area contributed by atoms with Crippen molar-refractivity contribution in [3.8, 4) is 5.75 Å². The summed E-state index contributed by atoms with van der Waals surface area (Å²) in [6, 6.07) is 10.0. The number of nitrogens with one attached hydrogen (secondary N) is 1. The molecule has 0 aromatic heterocycles. The number of amides is 1. The molecule has 29 heavy (non-hydrogen) atoms. The van der Waals surface area contributed by atoms with Crippen LogP contribution in [0.15, 0.2) is 36.4 Å². The van der Waals surface area contributed by atoms with Gasteiger partial charge in [-0.05, 0) is 69.0 Å². The maximum Gasteiger partial charge on any atom is 0.244 e. The number of ether oxygens (including phenoxy) is 1. The topological polar surface area (TPSA) is 75.7 Å². The van der Waals surface area contributed by atoms with Crippen molar-refractivity contribution in [3.63, 3.8) is 0 Å². The molecule has 2 rings (SSSR count). The van der Waals surface area contributed by atoms with Crippen LogP contribution in [0.25, 0.3) is 0 Å². The molecule has 1 N–H and O–H groups in total. The minimum absolute atomic E-state index is 0.259. The van der Waals surface area contributed by atoms with E-state index in [9.17, 15) is 13.2 Å². The van der Waals surface area contributed by atoms with E-state index in [1.165, 1.54) is 12.7 Å². The fraction of sp³-hybridized carbons (Fsp3) is 0.409. The minimum atomic E-state index is -3.73. The van der Waals surface area contributed by atoms with Crippen LogP contribution >= 0.6 is 0 Å². The summed E-state index contributed by atoms with van der Waals surface area (Å²) >= 11 is 0. The molecule has 0 fully saturated rings. The van der Waals surface area contributed by atoms with Gasteiger partial charge in [0, 0.05) is 0 Å². The van der Waals surface area contributed by atoms with E-state index >= 15 is 0 Å². The molecule has 0 bridgehead atoms. The van der Waals surface area contributed by atoms with Gasteiger partial charge in [0.05, 0.1) is 25.1 Å². The summed E-state index contributed by atoms with van der Waals surface area (Å²) in [5, 5.41) is 2.93. The molecule has 6 nitrogen and oxygen atoms in total. The predicted molar refractivity (Wildman–Crippen MR) is 117 cm³/mol. The van der Waals surface area contributed by atoms with E-state index in [4.69, 9.17) is 4.74 Å². The largest absolute Gasteiger partial charge is 0.495 e. The number of anilines is 1. The van der Waals surface area contributed by atoms with Crippen LogP contribution in [-0.2, 0) is 14.8 Å². The van der Waals surface area contributed by atoms with Gasteiger partial charge in [0.15, 0.2) is 0 Å². The van der Waals surface area contributed by atoms with E-state index in [1.54, 1.807) is 19.1 Å². The monoisotopic (exact) mass is 418 g/mol. The lowest BCUT2D eigenvalue weighted by molar-refractivity contribution is -0.122. The van der Waals surface area contributed by atoms with E-state index < -0.39 is 16.1 Å². The van der Waals surface area contributed by atoms with Gasteiger partial charge in [-0.2, -0.15) is 0 Å². The first-order chi connectivity index (χ1) is 13.5. The Hall–Kier alpha value is -2.54. The zero-order valence-corrected chi connectivity index (χ0v) is 18.9. The number of nitrogens with zero attached hydrogens (tertiary/aromatic N) is 1. The number of hydrogen-bond donors (Lipinski definition) is 1. The summed E-state index contributed by atoms with van der Waals surface area (Å²) in [4.78, 5) is 13.0. The van der Waals surface area contributed by atoms with E-state index in [0.29, 0.717) is 11.4 Å². The zero-order chi connectivity index (χ0) is 21.9. The predicted octanol–water partition coefficient (Wildman–Crippen LogP) is 3.65. The average molecular weight is 419 g/mol. The van der Waals surface area contributed by atoms with Gasteiger partial charge in [-0.25, -0.2) is 8.42 Å². The summed E-state index contributed by atoms with van der Waals surface area (Å²) in [6.45, 7) is 9.36. The Labute approximate surface area is 173 Å². The van der Waals surface area contributed by atoms with E-state index in [1.807, 2.05) is 52.0 Å². The Morgan fingerprint density at radius 3 is 2.24 bits per heavy atom. The minimum Gasteiger partial charge on any atom is -0.495 e. The molecule has 0 saturated heterocycles. The van der Waals surface area contributed by atoms with Gasteiger partial charge >= 0.3 is 0 Å². The summed E-state index contributed by atoms with van der Waals surface area (Å²) in [6.07, 6.45) is 1.09. The van der Waals surface area contributed by atoms with Crippen LogP contribution in [0.5, 0.6) is 5.75 Å². The van der Waals surface area contributed by atoms with Crippen molar-refractivity contribution in [2.24, 2.45) is 0 Å².